The summed E-state index contributed by atoms with van der Waals surface area (Å²) >= 11 is 0. The second-order valence-electron chi connectivity index (χ2n) is 7.48. The van der Waals surface area contributed by atoms with Crippen molar-refractivity contribution in [2.24, 2.45) is 14.1 Å². The number of aryl methyl sites for hydroxylation is 2. The predicted octanol–water partition coefficient (Wildman–Crippen LogP) is 3.22. The molecule has 31 heavy (non-hydrogen) atoms. The zero-order chi connectivity index (χ0) is 21.7. The van der Waals surface area contributed by atoms with Crippen molar-refractivity contribution < 1.29 is 0 Å². The van der Waals surface area contributed by atoms with E-state index >= 15 is 0 Å². The third-order valence-electron chi connectivity index (χ3n) is 5.59. The van der Waals surface area contributed by atoms with Gasteiger partial charge in [-0.25, -0.2) is 9.78 Å². The molecule has 3 aromatic heterocycles. The first-order valence-electron chi connectivity index (χ1n) is 9.86. The van der Waals surface area contributed by atoms with Crippen LogP contribution in [0.5, 0.6) is 0 Å². The summed E-state index contributed by atoms with van der Waals surface area (Å²) in [6, 6.07) is 19.7. The second-order valence-corrected chi connectivity index (χ2v) is 7.48. The highest BCUT2D eigenvalue weighted by atomic mass is 16.2. The molecule has 0 unspecified atom stereocenters. The molecular formula is C24H19N5O2. The number of hydrogen-bond donors (Lipinski definition) is 0. The van der Waals surface area contributed by atoms with Gasteiger partial charge in [0.25, 0.3) is 5.56 Å². The standard InChI is InChI=1S/C24H19N5O2/c1-14-17-18(15-10-6-4-7-11-15)20(16-12-8-5-9-13-16)26-27-21(17)19-22(25-14)28(2)24(31)29(3)23(19)30/h4-13H,1-3H3. The first-order valence-corrected chi connectivity index (χ1v) is 9.86. The van der Waals surface area contributed by atoms with Gasteiger partial charge >= 0.3 is 5.69 Å². The maximum Gasteiger partial charge on any atom is 0.332 e. The average Bonchev–Trinajstić information content (AvgIpc) is 2.81. The van der Waals surface area contributed by atoms with Gasteiger partial charge in [-0.2, -0.15) is 0 Å². The molecule has 7 nitrogen and oxygen atoms in total. The van der Waals surface area contributed by atoms with E-state index < -0.39 is 11.2 Å². The number of benzene rings is 2. The molecule has 0 aliphatic heterocycles. The smallest absolute Gasteiger partial charge is 0.280 e. The molecule has 0 N–H and O–H groups in total. The third kappa shape index (κ3) is 2.78. The number of aromatic nitrogens is 5. The van der Waals surface area contributed by atoms with Gasteiger partial charge in [-0.3, -0.25) is 13.9 Å². The van der Waals surface area contributed by atoms with Crippen LogP contribution in [0, 0.1) is 6.92 Å². The minimum atomic E-state index is -0.434. The summed E-state index contributed by atoms with van der Waals surface area (Å²) in [6.07, 6.45) is 0. The van der Waals surface area contributed by atoms with Crippen LogP contribution >= 0.6 is 0 Å². The van der Waals surface area contributed by atoms with Crippen molar-refractivity contribution in [2.45, 2.75) is 6.92 Å². The van der Waals surface area contributed by atoms with Crippen LogP contribution in [0.4, 0.5) is 0 Å². The zero-order valence-electron chi connectivity index (χ0n) is 17.3. The van der Waals surface area contributed by atoms with E-state index in [9.17, 15) is 9.59 Å². The highest BCUT2D eigenvalue weighted by Gasteiger charge is 2.22. The van der Waals surface area contributed by atoms with Gasteiger partial charge < -0.3 is 0 Å². The molecule has 0 aliphatic carbocycles. The molecule has 0 saturated heterocycles. The van der Waals surface area contributed by atoms with Crippen molar-refractivity contribution in [3.63, 3.8) is 0 Å². The van der Waals surface area contributed by atoms with E-state index in [1.54, 1.807) is 7.05 Å². The lowest BCUT2D eigenvalue weighted by Crippen LogP contribution is -2.37. The highest BCUT2D eigenvalue weighted by Crippen LogP contribution is 2.37. The molecule has 152 valence electrons. The van der Waals surface area contributed by atoms with Crippen LogP contribution in [0.1, 0.15) is 5.69 Å². The minimum absolute atomic E-state index is 0.287. The Hall–Kier alpha value is -4.13. The maximum atomic E-state index is 13.1. The highest BCUT2D eigenvalue weighted by molar-refractivity contribution is 6.11. The summed E-state index contributed by atoms with van der Waals surface area (Å²) < 4.78 is 2.45. The van der Waals surface area contributed by atoms with Gasteiger partial charge in [0.2, 0.25) is 0 Å². The van der Waals surface area contributed by atoms with E-state index in [0.29, 0.717) is 22.6 Å². The van der Waals surface area contributed by atoms with E-state index in [1.807, 2.05) is 67.6 Å². The Kier molecular flexibility index (Phi) is 4.25. The molecule has 2 aromatic carbocycles. The molecule has 5 aromatic rings. The van der Waals surface area contributed by atoms with Gasteiger partial charge in [0.15, 0.2) is 5.65 Å². The summed E-state index contributed by atoms with van der Waals surface area (Å²) in [4.78, 5) is 30.2. The van der Waals surface area contributed by atoms with Crippen LogP contribution in [-0.4, -0.2) is 24.3 Å². The molecule has 3 heterocycles. The molecule has 0 fully saturated rings. The zero-order valence-corrected chi connectivity index (χ0v) is 17.3. The summed E-state index contributed by atoms with van der Waals surface area (Å²) in [5.41, 5.74) is 4.01. The van der Waals surface area contributed by atoms with Crippen LogP contribution in [0.3, 0.4) is 0 Å². The number of rotatable bonds is 2. The summed E-state index contributed by atoms with van der Waals surface area (Å²) in [5.74, 6) is 0. The maximum absolute atomic E-state index is 13.1. The van der Waals surface area contributed by atoms with Gasteiger partial charge in [0.1, 0.15) is 16.6 Å². The fourth-order valence-corrected chi connectivity index (χ4v) is 4.03. The third-order valence-corrected chi connectivity index (χ3v) is 5.59. The Morgan fingerprint density at radius 1 is 0.742 bits per heavy atom. The Balaban J connectivity index is 2.05. The topological polar surface area (TPSA) is 82.7 Å². The van der Waals surface area contributed by atoms with E-state index in [-0.39, 0.29) is 5.39 Å². The van der Waals surface area contributed by atoms with Gasteiger partial charge in [0, 0.05) is 36.3 Å². The monoisotopic (exact) mass is 409 g/mol. The predicted molar refractivity (Wildman–Crippen MR) is 121 cm³/mol. The molecule has 0 amide bonds. The van der Waals surface area contributed by atoms with Gasteiger partial charge in [-0.05, 0) is 12.5 Å². The fourth-order valence-electron chi connectivity index (χ4n) is 4.03. The Labute approximate surface area is 177 Å². The van der Waals surface area contributed by atoms with Crippen molar-refractivity contribution in [2.75, 3.05) is 0 Å². The van der Waals surface area contributed by atoms with Gasteiger partial charge in [-0.15, -0.1) is 10.2 Å². The van der Waals surface area contributed by atoms with Crippen LogP contribution in [0.2, 0.25) is 0 Å². The molecule has 5 rings (SSSR count). The lowest BCUT2D eigenvalue weighted by Gasteiger charge is -2.16. The van der Waals surface area contributed by atoms with Gasteiger partial charge in [-0.1, -0.05) is 60.7 Å². The molecule has 0 aliphatic rings. The van der Waals surface area contributed by atoms with Crippen molar-refractivity contribution in [3.05, 3.63) is 87.2 Å². The van der Waals surface area contributed by atoms with E-state index in [2.05, 4.69) is 15.2 Å². The van der Waals surface area contributed by atoms with Crippen molar-refractivity contribution in [1.82, 2.24) is 24.3 Å². The molecule has 0 atom stereocenters. The quantitative estimate of drug-likeness (QED) is 0.418. The number of hydrogen-bond acceptors (Lipinski definition) is 5. The normalized spacial score (nSPS) is 11.3. The number of nitrogens with zero attached hydrogens (tertiary/aromatic N) is 5. The van der Waals surface area contributed by atoms with Crippen molar-refractivity contribution >= 4 is 21.9 Å². The van der Waals surface area contributed by atoms with E-state index in [1.165, 1.54) is 11.6 Å². The number of fused-ring (bicyclic) bond motifs is 3. The summed E-state index contributed by atoms with van der Waals surface area (Å²) in [7, 11) is 3.06. The van der Waals surface area contributed by atoms with Crippen LogP contribution in [-0.2, 0) is 14.1 Å². The molecule has 0 saturated carbocycles. The molecule has 7 heteroatoms. The Bertz CT molecular complexity index is 1590. The number of pyridine rings is 1. The van der Waals surface area contributed by atoms with E-state index in [0.717, 1.165) is 26.6 Å². The molecule has 0 bridgehead atoms. The van der Waals surface area contributed by atoms with Crippen molar-refractivity contribution in [3.8, 4) is 22.4 Å². The fraction of sp³-hybridized carbons (Fsp3) is 0.125. The van der Waals surface area contributed by atoms with E-state index in [4.69, 9.17) is 0 Å². The first-order chi connectivity index (χ1) is 15.0. The van der Waals surface area contributed by atoms with Crippen LogP contribution in [0.25, 0.3) is 44.3 Å². The average molecular weight is 409 g/mol. The van der Waals surface area contributed by atoms with Crippen LogP contribution < -0.4 is 11.2 Å². The largest absolute Gasteiger partial charge is 0.332 e. The molecule has 0 radical (unpaired) electrons. The Morgan fingerprint density at radius 2 is 1.35 bits per heavy atom. The molecule has 0 spiro atoms. The summed E-state index contributed by atoms with van der Waals surface area (Å²) in [6.45, 7) is 1.87. The summed E-state index contributed by atoms with van der Waals surface area (Å²) in [5, 5.41) is 10.1. The first kappa shape index (κ1) is 18.9. The lowest BCUT2D eigenvalue weighted by molar-refractivity contribution is 0.707. The molecular weight excluding hydrogens is 390 g/mol. The second kappa shape index (κ2) is 6.98. The van der Waals surface area contributed by atoms with Crippen LogP contribution in [0.15, 0.2) is 70.3 Å². The van der Waals surface area contributed by atoms with Gasteiger partial charge in [0.05, 0.1) is 0 Å². The lowest BCUT2D eigenvalue weighted by atomic mass is 9.94. The minimum Gasteiger partial charge on any atom is -0.280 e. The SMILES string of the molecule is Cc1nc2c(c(=O)n(C)c(=O)n2C)c2nnc(-c3ccccc3)c(-c3ccccc3)c12. The van der Waals surface area contributed by atoms with Crippen molar-refractivity contribution in [1.29, 1.82) is 0 Å². The Morgan fingerprint density at radius 3 is 2.00 bits per heavy atom.